The number of halogens is 1. The Hall–Kier alpha value is -1.49. The van der Waals surface area contributed by atoms with Gasteiger partial charge in [0, 0.05) is 17.1 Å². The molecule has 0 aliphatic heterocycles. The van der Waals surface area contributed by atoms with E-state index in [4.69, 9.17) is 9.15 Å². The summed E-state index contributed by atoms with van der Waals surface area (Å²) in [6.45, 7) is 3.87. The molecule has 0 bridgehead atoms. The zero-order valence-electron chi connectivity index (χ0n) is 10.5. The summed E-state index contributed by atoms with van der Waals surface area (Å²) in [5, 5.41) is 3.37. The number of benzene rings is 1. The largest absolute Gasteiger partial charge is 0.497 e. The SMILES string of the molecule is COc1ccc(NC(C)c2coc(C)n2)c(Br)c1. The first-order valence-corrected chi connectivity index (χ1v) is 6.41. The van der Waals surface area contributed by atoms with Gasteiger partial charge in [-0.3, -0.25) is 0 Å². The maximum atomic E-state index is 5.21. The van der Waals surface area contributed by atoms with Crippen molar-refractivity contribution in [1.82, 2.24) is 4.98 Å². The average molecular weight is 311 g/mol. The van der Waals surface area contributed by atoms with E-state index < -0.39 is 0 Å². The standard InChI is InChI=1S/C13H15BrN2O2/c1-8(13-7-18-9(2)16-13)15-12-5-4-10(17-3)6-11(12)14/h4-8,15H,1-3H3. The number of ether oxygens (including phenoxy) is 1. The number of oxazole rings is 1. The summed E-state index contributed by atoms with van der Waals surface area (Å²) in [7, 11) is 1.65. The van der Waals surface area contributed by atoms with Gasteiger partial charge in [0.1, 0.15) is 17.7 Å². The first-order chi connectivity index (χ1) is 8.60. The lowest BCUT2D eigenvalue weighted by atomic mass is 10.2. The molecule has 1 aromatic heterocycles. The molecule has 0 aliphatic carbocycles. The van der Waals surface area contributed by atoms with Crippen LogP contribution in [0.2, 0.25) is 0 Å². The molecule has 1 N–H and O–H groups in total. The summed E-state index contributed by atoms with van der Waals surface area (Å²) in [5.74, 6) is 1.49. The van der Waals surface area contributed by atoms with Crippen LogP contribution in [-0.4, -0.2) is 12.1 Å². The van der Waals surface area contributed by atoms with Crippen LogP contribution in [0.15, 0.2) is 33.4 Å². The number of aryl methyl sites for hydroxylation is 1. The van der Waals surface area contributed by atoms with Gasteiger partial charge >= 0.3 is 0 Å². The number of methoxy groups -OCH3 is 1. The highest BCUT2D eigenvalue weighted by molar-refractivity contribution is 9.10. The van der Waals surface area contributed by atoms with Gasteiger partial charge in [0.2, 0.25) is 0 Å². The summed E-state index contributed by atoms with van der Waals surface area (Å²) in [5.41, 5.74) is 1.87. The van der Waals surface area contributed by atoms with E-state index in [0.29, 0.717) is 5.89 Å². The van der Waals surface area contributed by atoms with E-state index in [2.05, 4.69) is 26.2 Å². The third-order valence-corrected chi connectivity index (χ3v) is 3.28. The highest BCUT2D eigenvalue weighted by Gasteiger charge is 2.11. The fourth-order valence-electron chi connectivity index (χ4n) is 1.63. The van der Waals surface area contributed by atoms with Gasteiger partial charge in [0.25, 0.3) is 0 Å². The summed E-state index contributed by atoms with van der Waals surface area (Å²) >= 11 is 3.51. The van der Waals surface area contributed by atoms with Crippen molar-refractivity contribution < 1.29 is 9.15 Å². The molecule has 0 spiro atoms. The van der Waals surface area contributed by atoms with E-state index in [0.717, 1.165) is 21.6 Å². The van der Waals surface area contributed by atoms with Gasteiger partial charge in [-0.05, 0) is 41.1 Å². The molecule has 96 valence electrons. The van der Waals surface area contributed by atoms with Crippen LogP contribution in [0.3, 0.4) is 0 Å². The van der Waals surface area contributed by atoms with E-state index >= 15 is 0 Å². The number of hydrogen-bond donors (Lipinski definition) is 1. The van der Waals surface area contributed by atoms with Crippen LogP contribution in [0.5, 0.6) is 5.75 Å². The molecule has 0 radical (unpaired) electrons. The molecule has 1 heterocycles. The van der Waals surface area contributed by atoms with Crippen molar-refractivity contribution >= 4 is 21.6 Å². The molecule has 0 aliphatic rings. The van der Waals surface area contributed by atoms with Gasteiger partial charge in [0.05, 0.1) is 13.2 Å². The second-order valence-corrected chi connectivity index (χ2v) is 4.86. The summed E-state index contributed by atoms with van der Waals surface area (Å²) in [4.78, 5) is 4.30. The van der Waals surface area contributed by atoms with Crippen LogP contribution in [0, 0.1) is 6.92 Å². The number of hydrogen-bond acceptors (Lipinski definition) is 4. The first kappa shape index (κ1) is 13.0. The monoisotopic (exact) mass is 310 g/mol. The van der Waals surface area contributed by atoms with Gasteiger partial charge in [-0.15, -0.1) is 0 Å². The smallest absolute Gasteiger partial charge is 0.191 e. The van der Waals surface area contributed by atoms with Crippen LogP contribution in [-0.2, 0) is 0 Å². The number of aromatic nitrogens is 1. The normalized spacial score (nSPS) is 12.2. The Kier molecular flexibility index (Phi) is 3.91. The highest BCUT2D eigenvalue weighted by atomic mass is 79.9. The van der Waals surface area contributed by atoms with Crippen molar-refractivity contribution in [3.8, 4) is 5.75 Å². The minimum absolute atomic E-state index is 0.0761. The zero-order valence-corrected chi connectivity index (χ0v) is 12.1. The molecule has 0 amide bonds. The Morgan fingerprint density at radius 2 is 2.22 bits per heavy atom. The van der Waals surface area contributed by atoms with Crippen molar-refractivity contribution in [3.63, 3.8) is 0 Å². The Labute approximate surface area is 114 Å². The molecule has 1 atom stereocenters. The lowest BCUT2D eigenvalue weighted by Crippen LogP contribution is -2.07. The lowest BCUT2D eigenvalue weighted by molar-refractivity contribution is 0.414. The Morgan fingerprint density at radius 1 is 1.44 bits per heavy atom. The maximum Gasteiger partial charge on any atom is 0.191 e. The predicted octanol–water partition coefficient (Wildman–Crippen LogP) is 3.93. The Morgan fingerprint density at radius 3 is 2.78 bits per heavy atom. The van der Waals surface area contributed by atoms with Crippen molar-refractivity contribution in [3.05, 3.63) is 40.5 Å². The van der Waals surface area contributed by atoms with Gasteiger partial charge < -0.3 is 14.5 Å². The topological polar surface area (TPSA) is 47.3 Å². The molecule has 0 saturated carbocycles. The van der Waals surface area contributed by atoms with Crippen LogP contribution in [0.25, 0.3) is 0 Å². The highest BCUT2D eigenvalue weighted by Crippen LogP contribution is 2.29. The van der Waals surface area contributed by atoms with Crippen molar-refractivity contribution in [1.29, 1.82) is 0 Å². The van der Waals surface area contributed by atoms with E-state index in [-0.39, 0.29) is 6.04 Å². The van der Waals surface area contributed by atoms with Crippen LogP contribution >= 0.6 is 15.9 Å². The number of nitrogens with zero attached hydrogens (tertiary/aromatic N) is 1. The molecule has 2 aromatic rings. The molecule has 1 unspecified atom stereocenters. The lowest BCUT2D eigenvalue weighted by Gasteiger charge is -2.14. The van der Waals surface area contributed by atoms with Gasteiger partial charge in [-0.1, -0.05) is 0 Å². The third kappa shape index (κ3) is 2.85. The predicted molar refractivity (Wildman–Crippen MR) is 74.0 cm³/mol. The summed E-state index contributed by atoms with van der Waals surface area (Å²) < 4.78 is 11.3. The molecular formula is C13H15BrN2O2. The fourth-order valence-corrected chi connectivity index (χ4v) is 2.10. The number of nitrogens with one attached hydrogen (secondary N) is 1. The van der Waals surface area contributed by atoms with Crippen LogP contribution in [0.4, 0.5) is 5.69 Å². The minimum Gasteiger partial charge on any atom is -0.497 e. The first-order valence-electron chi connectivity index (χ1n) is 5.62. The molecule has 0 fully saturated rings. The van der Waals surface area contributed by atoms with E-state index in [1.807, 2.05) is 32.0 Å². The quantitative estimate of drug-likeness (QED) is 0.929. The molecule has 5 heteroatoms. The molecular weight excluding hydrogens is 296 g/mol. The van der Waals surface area contributed by atoms with E-state index in [1.165, 1.54) is 0 Å². The van der Waals surface area contributed by atoms with Crippen LogP contribution < -0.4 is 10.1 Å². The fraction of sp³-hybridized carbons (Fsp3) is 0.308. The van der Waals surface area contributed by atoms with Crippen molar-refractivity contribution in [2.45, 2.75) is 19.9 Å². The van der Waals surface area contributed by atoms with Gasteiger partial charge in [-0.25, -0.2) is 4.98 Å². The molecule has 18 heavy (non-hydrogen) atoms. The van der Waals surface area contributed by atoms with Crippen molar-refractivity contribution in [2.75, 3.05) is 12.4 Å². The summed E-state index contributed by atoms with van der Waals surface area (Å²) in [6, 6.07) is 5.87. The van der Waals surface area contributed by atoms with E-state index in [1.54, 1.807) is 13.4 Å². The van der Waals surface area contributed by atoms with Crippen molar-refractivity contribution in [2.24, 2.45) is 0 Å². The average Bonchev–Trinajstić information content (AvgIpc) is 2.78. The second kappa shape index (κ2) is 5.44. The zero-order chi connectivity index (χ0) is 13.1. The van der Waals surface area contributed by atoms with Crippen LogP contribution in [0.1, 0.15) is 24.6 Å². The Bertz CT molecular complexity index is 540. The number of anilines is 1. The molecule has 0 saturated heterocycles. The molecule has 1 aromatic carbocycles. The molecule has 2 rings (SSSR count). The number of rotatable bonds is 4. The third-order valence-electron chi connectivity index (χ3n) is 2.63. The maximum absolute atomic E-state index is 5.21. The summed E-state index contributed by atoms with van der Waals surface area (Å²) in [6.07, 6.45) is 1.67. The van der Waals surface area contributed by atoms with E-state index in [9.17, 15) is 0 Å². The minimum atomic E-state index is 0.0761. The van der Waals surface area contributed by atoms with Gasteiger partial charge in [0.15, 0.2) is 5.89 Å². The molecule has 4 nitrogen and oxygen atoms in total. The second-order valence-electron chi connectivity index (χ2n) is 4.00. The Balaban J connectivity index is 2.14. The van der Waals surface area contributed by atoms with Gasteiger partial charge in [-0.2, -0.15) is 0 Å².